The summed E-state index contributed by atoms with van der Waals surface area (Å²) >= 11 is 1.03. The van der Waals surface area contributed by atoms with E-state index in [1.54, 1.807) is 25.1 Å². The van der Waals surface area contributed by atoms with Crippen LogP contribution in [-0.2, 0) is 14.3 Å². The number of fused-ring (bicyclic) bond motifs is 1. The Balaban J connectivity index is 2.33. The van der Waals surface area contributed by atoms with Crippen molar-refractivity contribution < 1.29 is 19.4 Å². The SMILES string of the molecule is CCOC(=O)CC[C@@H](C(=O)O)n1sc2cc(N)ccc2c1=O. The molecule has 8 heteroatoms. The number of anilines is 1. The van der Waals surface area contributed by atoms with Gasteiger partial charge in [0.2, 0.25) is 0 Å². The van der Waals surface area contributed by atoms with Gasteiger partial charge in [0.05, 0.1) is 16.7 Å². The molecule has 1 heterocycles. The Bertz CT molecular complexity index is 764. The van der Waals surface area contributed by atoms with Crippen LogP contribution >= 0.6 is 11.5 Å². The van der Waals surface area contributed by atoms with Crippen molar-refractivity contribution in [1.82, 2.24) is 3.96 Å². The van der Waals surface area contributed by atoms with Crippen LogP contribution in [-0.4, -0.2) is 27.6 Å². The Hall–Kier alpha value is -2.35. The van der Waals surface area contributed by atoms with Gasteiger partial charge in [0, 0.05) is 12.1 Å². The van der Waals surface area contributed by atoms with E-state index in [0.29, 0.717) is 15.8 Å². The molecular formula is C14H16N2O5S. The molecule has 118 valence electrons. The Morgan fingerprint density at radius 3 is 2.82 bits per heavy atom. The highest BCUT2D eigenvalue weighted by atomic mass is 32.1. The van der Waals surface area contributed by atoms with Crippen molar-refractivity contribution in [3.63, 3.8) is 0 Å². The van der Waals surface area contributed by atoms with Crippen LogP contribution in [0.1, 0.15) is 25.8 Å². The van der Waals surface area contributed by atoms with Crippen LogP contribution in [0.2, 0.25) is 0 Å². The van der Waals surface area contributed by atoms with Gasteiger partial charge in [0.25, 0.3) is 5.56 Å². The first kappa shape index (κ1) is 16.0. The number of nitrogens with zero attached hydrogens (tertiary/aromatic N) is 1. The van der Waals surface area contributed by atoms with E-state index in [9.17, 15) is 19.5 Å². The van der Waals surface area contributed by atoms with Gasteiger partial charge in [-0.1, -0.05) is 11.5 Å². The molecule has 0 saturated heterocycles. The van der Waals surface area contributed by atoms with Gasteiger partial charge in [-0.25, -0.2) is 8.75 Å². The van der Waals surface area contributed by atoms with Crippen LogP contribution < -0.4 is 11.3 Å². The Labute approximate surface area is 130 Å². The van der Waals surface area contributed by atoms with E-state index >= 15 is 0 Å². The number of carboxylic acids is 1. The third-order valence-corrected chi connectivity index (χ3v) is 4.28. The van der Waals surface area contributed by atoms with Crippen molar-refractivity contribution in [1.29, 1.82) is 0 Å². The average Bonchev–Trinajstić information content (AvgIpc) is 2.75. The predicted molar refractivity (Wildman–Crippen MR) is 83.0 cm³/mol. The Morgan fingerprint density at radius 2 is 2.18 bits per heavy atom. The number of hydrogen-bond acceptors (Lipinski definition) is 6. The highest BCUT2D eigenvalue weighted by molar-refractivity contribution is 7.14. The number of aromatic nitrogens is 1. The number of nitrogen functional groups attached to an aromatic ring is 1. The smallest absolute Gasteiger partial charge is 0.327 e. The van der Waals surface area contributed by atoms with E-state index in [-0.39, 0.29) is 19.4 Å². The lowest BCUT2D eigenvalue weighted by atomic mass is 10.1. The van der Waals surface area contributed by atoms with E-state index < -0.39 is 23.5 Å². The molecule has 0 aliphatic rings. The second-order valence-corrected chi connectivity index (χ2v) is 5.69. The maximum absolute atomic E-state index is 12.3. The number of ether oxygens (including phenoxy) is 1. The quantitative estimate of drug-likeness (QED) is 0.617. The molecular weight excluding hydrogens is 308 g/mol. The van der Waals surface area contributed by atoms with Crippen LogP contribution in [0.3, 0.4) is 0 Å². The average molecular weight is 324 g/mol. The number of benzene rings is 1. The Kier molecular flexibility index (Phi) is 4.81. The van der Waals surface area contributed by atoms with Crippen molar-refractivity contribution in [2.24, 2.45) is 0 Å². The molecule has 0 unspecified atom stereocenters. The molecule has 0 radical (unpaired) electrons. The molecule has 7 nitrogen and oxygen atoms in total. The summed E-state index contributed by atoms with van der Waals surface area (Å²) in [6, 6.07) is 3.69. The van der Waals surface area contributed by atoms with E-state index in [1.165, 1.54) is 3.96 Å². The number of carbonyl (C=O) groups is 2. The van der Waals surface area contributed by atoms with Crippen molar-refractivity contribution in [3.8, 4) is 0 Å². The summed E-state index contributed by atoms with van der Waals surface area (Å²) in [5, 5.41) is 9.76. The molecule has 1 aromatic carbocycles. The lowest BCUT2D eigenvalue weighted by molar-refractivity contribution is -0.144. The van der Waals surface area contributed by atoms with Crippen molar-refractivity contribution in [2.45, 2.75) is 25.8 Å². The molecule has 0 aliphatic carbocycles. The first-order chi connectivity index (χ1) is 10.4. The molecule has 0 fully saturated rings. The maximum Gasteiger partial charge on any atom is 0.327 e. The zero-order valence-corrected chi connectivity index (χ0v) is 12.8. The molecule has 2 aromatic rings. The highest BCUT2D eigenvalue weighted by Gasteiger charge is 2.25. The zero-order valence-electron chi connectivity index (χ0n) is 11.9. The summed E-state index contributed by atoms with van der Waals surface area (Å²) in [6.07, 6.45) is -0.0655. The molecule has 3 N–H and O–H groups in total. The van der Waals surface area contributed by atoms with E-state index in [1.807, 2.05) is 0 Å². The standard InChI is InChI=1S/C14H16N2O5S/c1-2-21-12(17)6-5-10(14(19)20)16-13(18)9-4-3-8(15)7-11(9)22-16/h3-4,7,10H,2,5-6,15H2,1H3,(H,19,20)/t10-/m0/s1. The summed E-state index contributed by atoms with van der Waals surface area (Å²) < 4.78 is 6.57. The fourth-order valence-corrected chi connectivity index (χ4v) is 3.25. The van der Waals surface area contributed by atoms with Crippen LogP contribution in [0.15, 0.2) is 23.0 Å². The zero-order chi connectivity index (χ0) is 16.3. The first-order valence-electron chi connectivity index (χ1n) is 6.73. The van der Waals surface area contributed by atoms with Gasteiger partial charge in [0.1, 0.15) is 6.04 Å². The monoisotopic (exact) mass is 324 g/mol. The molecule has 0 saturated carbocycles. The highest BCUT2D eigenvalue weighted by Crippen LogP contribution is 2.24. The molecule has 0 amide bonds. The molecule has 1 atom stereocenters. The summed E-state index contributed by atoms with van der Waals surface area (Å²) in [4.78, 5) is 35.1. The molecule has 0 spiro atoms. The molecule has 0 aliphatic heterocycles. The van der Waals surface area contributed by atoms with Gasteiger partial charge in [-0.3, -0.25) is 9.59 Å². The lowest BCUT2D eigenvalue weighted by Gasteiger charge is -2.11. The van der Waals surface area contributed by atoms with Gasteiger partial charge in [-0.2, -0.15) is 0 Å². The third-order valence-electron chi connectivity index (χ3n) is 3.13. The largest absolute Gasteiger partial charge is 0.480 e. The summed E-state index contributed by atoms with van der Waals surface area (Å²) in [7, 11) is 0. The minimum Gasteiger partial charge on any atom is -0.480 e. The number of hydrogen-bond donors (Lipinski definition) is 2. The van der Waals surface area contributed by atoms with Gasteiger partial charge >= 0.3 is 11.9 Å². The summed E-state index contributed by atoms with van der Waals surface area (Å²) in [5.74, 6) is -1.64. The van der Waals surface area contributed by atoms with Crippen LogP contribution in [0, 0.1) is 0 Å². The minimum atomic E-state index is -1.16. The predicted octanol–water partition coefficient (Wildman–Crippen LogP) is 1.61. The van der Waals surface area contributed by atoms with E-state index in [0.717, 1.165) is 11.5 Å². The summed E-state index contributed by atoms with van der Waals surface area (Å²) in [5.41, 5.74) is 5.78. The lowest BCUT2D eigenvalue weighted by Crippen LogP contribution is -2.26. The van der Waals surface area contributed by atoms with Crippen LogP contribution in [0.25, 0.3) is 10.1 Å². The normalized spacial score (nSPS) is 12.2. The molecule has 2 rings (SSSR count). The number of nitrogens with two attached hydrogens (primary N) is 1. The topological polar surface area (TPSA) is 112 Å². The number of carboxylic acid groups (broad SMARTS) is 1. The van der Waals surface area contributed by atoms with E-state index in [2.05, 4.69) is 0 Å². The van der Waals surface area contributed by atoms with Gasteiger partial charge in [0.15, 0.2) is 0 Å². The number of carbonyl (C=O) groups excluding carboxylic acids is 1. The van der Waals surface area contributed by atoms with Crippen LogP contribution in [0.5, 0.6) is 0 Å². The fraction of sp³-hybridized carbons (Fsp3) is 0.357. The molecule has 22 heavy (non-hydrogen) atoms. The number of rotatable bonds is 6. The van der Waals surface area contributed by atoms with Crippen molar-refractivity contribution >= 4 is 39.2 Å². The number of esters is 1. The molecule has 1 aromatic heterocycles. The third kappa shape index (κ3) is 3.28. The second-order valence-electron chi connectivity index (χ2n) is 4.68. The summed E-state index contributed by atoms with van der Waals surface area (Å²) in [6.45, 7) is 1.91. The first-order valence-corrected chi connectivity index (χ1v) is 7.50. The van der Waals surface area contributed by atoms with Gasteiger partial charge in [-0.05, 0) is 31.5 Å². The van der Waals surface area contributed by atoms with Crippen LogP contribution in [0.4, 0.5) is 5.69 Å². The number of aliphatic carboxylic acids is 1. The fourth-order valence-electron chi connectivity index (χ4n) is 2.09. The molecule has 0 bridgehead atoms. The minimum absolute atomic E-state index is 0.00359. The van der Waals surface area contributed by atoms with Gasteiger partial charge < -0.3 is 15.6 Å². The van der Waals surface area contributed by atoms with E-state index in [4.69, 9.17) is 10.5 Å². The van der Waals surface area contributed by atoms with Gasteiger partial charge in [-0.15, -0.1) is 0 Å². The second kappa shape index (κ2) is 6.61. The maximum atomic E-state index is 12.3. The van der Waals surface area contributed by atoms with Crippen molar-refractivity contribution in [3.05, 3.63) is 28.6 Å². The van der Waals surface area contributed by atoms with Crippen molar-refractivity contribution in [2.75, 3.05) is 12.3 Å². The Morgan fingerprint density at radius 1 is 1.45 bits per heavy atom.